The average molecular weight is 608 g/mol. The van der Waals surface area contributed by atoms with Crippen LogP contribution in [0.5, 0.6) is 5.75 Å². The number of amides is 2. The molecule has 11 nitrogen and oxygen atoms in total. The number of aromatic amines is 1. The number of aryl methyl sites for hydroxylation is 1. The minimum absolute atomic E-state index is 0.0686. The molecule has 7 N–H and O–H groups in total. The summed E-state index contributed by atoms with van der Waals surface area (Å²) in [7, 11) is 0. The van der Waals surface area contributed by atoms with E-state index in [4.69, 9.17) is 0 Å². The van der Waals surface area contributed by atoms with Gasteiger partial charge in [-0.25, -0.2) is 4.79 Å². The minimum atomic E-state index is -1.14. The maximum atomic E-state index is 12.5. The number of aliphatic hydroxyl groups is 1. The number of aromatic hydroxyl groups is 1. The molecule has 0 saturated carbocycles. The second kappa shape index (κ2) is 14.3. The van der Waals surface area contributed by atoms with E-state index >= 15 is 0 Å². The number of phenols is 1. The first kappa shape index (κ1) is 30.9. The highest BCUT2D eigenvalue weighted by Crippen LogP contribution is 2.30. The standard InChI is InChI=1S/C34H33N5O6/c40-29-15-13-26(27-14-16-32(43)39-33(27)29)30(41)20-35-18-23-10-11-24(19-36-23)37-31(42)8-4-5-21-9-12-25(22-6-2-1-3-7-22)28(17-21)38-34(44)45/h1-3,6-7,9-17,19,30,35,38,40-41H,4-5,8,18,20H2,(H,37,42)(H,39,43)(H,44,45). The molecule has 11 heteroatoms. The van der Waals surface area contributed by atoms with E-state index in [0.717, 1.165) is 16.7 Å². The minimum Gasteiger partial charge on any atom is -0.506 e. The Morgan fingerprint density at radius 1 is 0.933 bits per heavy atom. The lowest BCUT2D eigenvalue weighted by atomic mass is 9.99. The van der Waals surface area contributed by atoms with Gasteiger partial charge in [-0.2, -0.15) is 0 Å². The summed E-state index contributed by atoms with van der Waals surface area (Å²) in [6.07, 6.45) is 1.000. The number of carboxylic acid groups (broad SMARTS) is 1. The lowest BCUT2D eigenvalue weighted by Crippen LogP contribution is -2.22. The van der Waals surface area contributed by atoms with Gasteiger partial charge in [-0.1, -0.05) is 48.5 Å². The van der Waals surface area contributed by atoms with Crippen molar-refractivity contribution in [3.63, 3.8) is 0 Å². The molecule has 3 aromatic carbocycles. The van der Waals surface area contributed by atoms with E-state index in [1.54, 1.807) is 36.5 Å². The smallest absolute Gasteiger partial charge is 0.409 e. The third-order valence-electron chi connectivity index (χ3n) is 7.30. The number of hydrogen-bond acceptors (Lipinski definition) is 7. The summed E-state index contributed by atoms with van der Waals surface area (Å²) in [5.74, 6) is -0.223. The van der Waals surface area contributed by atoms with Gasteiger partial charge in [0, 0.05) is 36.5 Å². The molecule has 0 saturated heterocycles. The van der Waals surface area contributed by atoms with Crippen LogP contribution < -0.4 is 21.5 Å². The van der Waals surface area contributed by atoms with E-state index in [1.165, 1.54) is 12.1 Å². The van der Waals surface area contributed by atoms with Crippen LogP contribution in [-0.4, -0.2) is 43.8 Å². The monoisotopic (exact) mass is 607 g/mol. The summed E-state index contributed by atoms with van der Waals surface area (Å²) in [6.45, 7) is 0.585. The van der Waals surface area contributed by atoms with Crippen molar-refractivity contribution < 1.29 is 24.9 Å². The normalized spacial score (nSPS) is 11.7. The van der Waals surface area contributed by atoms with Crippen LogP contribution in [0.3, 0.4) is 0 Å². The molecule has 0 spiro atoms. The summed E-state index contributed by atoms with van der Waals surface area (Å²) >= 11 is 0. The highest BCUT2D eigenvalue weighted by atomic mass is 16.4. The topological polar surface area (TPSA) is 177 Å². The summed E-state index contributed by atoms with van der Waals surface area (Å²) in [5.41, 5.74) is 4.88. The fourth-order valence-corrected chi connectivity index (χ4v) is 5.11. The van der Waals surface area contributed by atoms with E-state index in [9.17, 15) is 29.7 Å². The van der Waals surface area contributed by atoms with Crippen LogP contribution in [0, 0.1) is 0 Å². The Labute approximate surface area is 258 Å². The van der Waals surface area contributed by atoms with Crippen molar-refractivity contribution in [3.8, 4) is 16.9 Å². The molecule has 0 fully saturated rings. The van der Waals surface area contributed by atoms with Gasteiger partial charge in [0.05, 0.1) is 34.9 Å². The maximum Gasteiger partial charge on any atom is 0.409 e. The molecular formula is C34H33N5O6. The molecule has 0 aliphatic heterocycles. The fourth-order valence-electron chi connectivity index (χ4n) is 5.11. The molecule has 2 aromatic heterocycles. The van der Waals surface area contributed by atoms with Gasteiger partial charge < -0.3 is 30.9 Å². The lowest BCUT2D eigenvalue weighted by molar-refractivity contribution is -0.116. The third-order valence-corrected chi connectivity index (χ3v) is 7.30. The van der Waals surface area contributed by atoms with E-state index in [0.29, 0.717) is 47.4 Å². The van der Waals surface area contributed by atoms with Gasteiger partial charge in [-0.15, -0.1) is 0 Å². The fraction of sp³-hybridized carbons (Fsp3) is 0.176. The second-order valence-electron chi connectivity index (χ2n) is 10.5. The Bertz CT molecular complexity index is 1860. The van der Waals surface area contributed by atoms with Crippen LogP contribution in [0.4, 0.5) is 16.2 Å². The number of carbonyl (C=O) groups is 2. The quantitative estimate of drug-likeness (QED) is 0.102. The van der Waals surface area contributed by atoms with Crippen molar-refractivity contribution in [1.29, 1.82) is 0 Å². The highest BCUT2D eigenvalue weighted by molar-refractivity contribution is 5.91. The van der Waals surface area contributed by atoms with E-state index in [1.807, 2.05) is 42.5 Å². The number of fused-ring (bicyclic) bond motifs is 1. The van der Waals surface area contributed by atoms with Crippen molar-refractivity contribution in [1.82, 2.24) is 15.3 Å². The first-order valence-corrected chi connectivity index (χ1v) is 14.4. The Hall–Kier alpha value is -5.52. The van der Waals surface area contributed by atoms with Crippen LogP contribution in [0.25, 0.3) is 22.0 Å². The molecular weight excluding hydrogens is 574 g/mol. The molecule has 0 aliphatic rings. The van der Waals surface area contributed by atoms with Gasteiger partial charge in [-0.05, 0) is 59.9 Å². The zero-order valence-electron chi connectivity index (χ0n) is 24.3. The van der Waals surface area contributed by atoms with Gasteiger partial charge >= 0.3 is 6.09 Å². The molecule has 0 bridgehead atoms. The number of hydrogen-bond donors (Lipinski definition) is 7. The van der Waals surface area contributed by atoms with Gasteiger partial charge in [-0.3, -0.25) is 19.9 Å². The number of phenolic OH excluding ortho intramolecular Hbond substituents is 1. The van der Waals surface area contributed by atoms with Crippen molar-refractivity contribution in [2.75, 3.05) is 17.2 Å². The van der Waals surface area contributed by atoms with Crippen LogP contribution >= 0.6 is 0 Å². The number of rotatable bonds is 12. The number of pyridine rings is 2. The molecule has 5 aromatic rings. The predicted molar refractivity (Wildman–Crippen MR) is 172 cm³/mol. The molecule has 45 heavy (non-hydrogen) atoms. The summed E-state index contributed by atoms with van der Waals surface area (Å²) in [5, 5.41) is 39.1. The number of benzene rings is 3. The Morgan fingerprint density at radius 2 is 1.76 bits per heavy atom. The van der Waals surface area contributed by atoms with Crippen molar-refractivity contribution in [2.45, 2.75) is 31.9 Å². The summed E-state index contributed by atoms with van der Waals surface area (Å²) in [4.78, 5) is 42.5. The highest BCUT2D eigenvalue weighted by Gasteiger charge is 2.14. The van der Waals surface area contributed by atoms with Gasteiger partial charge in [0.25, 0.3) is 0 Å². The van der Waals surface area contributed by atoms with Crippen molar-refractivity contribution in [3.05, 3.63) is 118 Å². The molecule has 1 atom stereocenters. The summed E-state index contributed by atoms with van der Waals surface area (Å²) in [6, 6.07) is 24.7. The lowest BCUT2D eigenvalue weighted by Gasteiger charge is -2.15. The number of H-pyrrole nitrogens is 1. The number of aliphatic hydroxyl groups excluding tert-OH is 1. The number of nitrogens with one attached hydrogen (secondary N) is 4. The Morgan fingerprint density at radius 3 is 2.51 bits per heavy atom. The van der Waals surface area contributed by atoms with Crippen molar-refractivity contribution in [2.24, 2.45) is 0 Å². The van der Waals surface area contributed by atoms with Gasteiger partial charge in [0.1, 0.15) is 5.75 Å². The Kier molecular flexibility index (Phi) is 9.83. The zero-order chi connectivity index (χ0) is 31.8. The molecule has 230 valence electrons. The van der Waals surface area contributed by atoms with E-state index < -0.39 is 12.2 Å². The van der Waals surface area contributed by atoms with Crippen LogP contribution in [-0.2, 0) is 17.8 Å². The maximum absolute atomic E-state index is 12.5. The van der Waals surface area contributed by atoms with Gasteiger partial charge in [0.2, 0.25) is 11.5 Å². The van der Waals surface area contributed by atoms with E-state index in [-0.39, 0.29) is 35.7 Å². The van der Waals surface area contributed by atoms with Crippen LogP contribution in [0.15, 0.2) is 95.9 Å². The molecule has 2 amide bonds. The molecule has 0 radical (unpaired) electrons. The molecule has 1 unspecified atom stereocenters. The predicted octanol–water partition coefficient (Wildman–Crippen LogP) is 5.17. The Balaban J connectivity index is 1.09. The SMILES string of the molecule is O=C(O)Nc1cc(CCCC(=O)Nc2ccc(CNCC(O)c3ccc(O)c4[nH]c(=O)ccc34)nc2)ccc1-c1ccccc1. The third kappa shape index (κ3) is 8.11. The largest absolute Gasteiger partial charge is 0.506 e. The first-order valence-electron chi connectivity index (χ1n) is 14.4. The van der Waals surface area contributed by atoms with E-state index in [2.05, 4.69) is 25.9 Å². The first-order chi connectivity index (χ1) is 21.8. The van der Waals surface area contributed by atoms with Crippen molar-refractivity contribution >= 4 is 34.3 Å². The summed E-state index contributed by atoms with van der Waals surface area (Å²) < 4.78 is 0. The molecule has 0 aliphatic carbocycles. The van der Waals surface area contributed by atoms with Crippen LogP contribution in [0.2, 0.25) is 0 Å². The number of carbonyl (C=O) groups excluding carboxylic acids is 1. The number of aromatic nitrogens is 2. The molecule has 5 rings (SSSR count). The molecule has 2 heterocycles. The zero-order valence-corrected chi connectivity index (χ0v) is 24.3. The number of nitrogens with zero attached hydrogens (tertiary/aromatic N) is 1. The number of anilines is 2. The average Bonchev–Trinajstić information content (AvgIpc) is 3.02. The van der Waals surface area contributed by atoms with Crippen LogP contribution in [0.1, 0.15) is 35.8 Å². The van der Waals surface area contributed by atoms with Gasteiger partial charge in [0.15, 0.2) is 0 Å². The second-order valence-corrected chi connectivity index (χ2v) is 10.5.